The topological polar surface area (TPSA) is 126 Å². The lowest BCUT2D eigenvalue weighted by Gasteiger charge is -2.30. The summed E-state index contributed by atoms with van der Waals surface area (Å²) in [7, 11) is 0. The van der Waals surface area contributed by atoms with Crippen molar-refractivity contribution in [2.24, 2.45) is 5.92 Å². The number of likely N-dealkylation sites (tertiary alicyclic amines) is 1. The van der Waals surface area contributed by atoms with Gasteiger partial charge >= 0.3 is 11.9 Å². The molecule has 5 atom stereocenters. The van der Waals surface area contributed by atoms with E-state index in [9.17, 15) is 24.3 Å². The van der Waals surface area contributed by atoms with E-state index >= 15 is 0 Å². The van der Waals surface area contributed by atoms with Crippen LogP contribution in [0.15, 0.2) is 0 Å². The minimum Gasteiger partial charge on any atom is -0.480 e. The van der Waals surface area contributed by atoms with Gasteiger partial charge in [-0.25, -0.2) is 9.59 Å². The van der Waals surface area contributed by atoms with Gasteiger partial charge in [0.15, 0.2) is 12.2 Å². The summed E-state index contributed by atoms with van der Waals surface area (Å²) in [6, 6.07) is -1.73. The normalized spacial score (nSPS) is 26.7. The van der Waals surface area contributed by atoms with Crippen LogP contribution >= 0.6 is 0 Å². The predicted molar refractivity (Wildman–Crippen MR) is 89.1 cm³/mol. The number of hydrogen-bond donors (Lipinski definition) is 2. The Hall–Kier alpha value is -2.16. The fourth-order valence-corrected chi connectivity index (χ4v) is 3.10. The molecule has 0 aromatic rings. The molecule has 26 heavy (non-hydrogen) atoms. The van der Waals surface area contributed by atoms with Gasteiger partial charge in [-0.05, 0) is 25.7 Å². The summed E-state index contributed by atoms with van der Waals surface area (Å²) < 4.78 is 9.87. The van der Waals surface area contributed by atoms with Gasteiger partial charge in [0.25, 0.3) is 5.91 Å². The van der Waals surface area contributed by atoms with E-state index in [1.54, 1.807) is 6.92 Å². The molecule has 2 aliphatic heterocycles. The zero-order valence-electron chi connectivity index (χ0n) is 15.3. The van der Waals surface area contributed by atoms with Crippen molar-refractivity contribution in [2.45, 2.75) is 64.3 Å². The number of epoxide rings is 1. The maximum atomic E-state index is 12.9. The Bertz CT molecular complexity index is 579. The van der Waals surface area contributed by atoms with E-state index < -0.39 is 48.0 Å². The molecule has 2 heterocycles. The van der Waals surface area contributed by atoms with Crippen molar-refractivity contribution >= 4 is 23.8 Å². The summed E-state index contributed by atoms with van der Waals surface area (Å²) in [4.78, 5) is 49.5. The third-order valence-corrected chi connectivity index (χ3v) is 4.87. The molecule has 0 aliphatic carbocycles. The first-order valence-corrected chi connectivity index (χ1v) is 8.97. The van der Waals surface area contributed by atoms with Gasteiger partial charge in [0.2, 0.25) is 5.91 Å². The number of carboxylic acids is 1. The van der Waals surface area contributed by atoms with E-state index in [0.717, 1.165) is 0 Å². The fourth-order valence-electron chi connectivity index (χ4n) is 3.10. The zero-order valence-corrected chi connectivity index (χ0v) is 15.3. The SMILES string of the molecule is CCOC(=O)[C@@H]1O[C@H]1C(=O)N[C@H](C(=O)N1CCC[C@H]1C(=O)O)[C@@H](C)CC. The number of carbonyl (C=O) groups is 4. The molecule has 0 radical (unpaired) electrons. The highest BCUT2D eigenvalue weighted by Gasteiger charge is 2.52. The maximum Gasteiger partial charge on any atom is 0.338 e. The number of nitrogens with zero attached hydrogens (tertiary/aromatic N) is 1. The molecule has 2 fully saturated rings. The molecule has 0 aromatic heterocycles. The van der Waals surface area contributed by atoms with E-state index in [1.807, 2.05) is 13.8 Å². The van der Waals surface area contributed by atoms with Crippen molar-refractivity contribution < 1.29 is 33.8 Å². The first kappa shape index (κ1) is 20.2. The fraction of sp³-hybridized carbons (Fsp3) is 0.765. The van der Waals surface area contributed by atoms with Crippen molar-refractivity contribution in [3.63, 3.8) is 0 Å². The molecule has 0 saturated carbocycles. The number of aliphatic carboxylic acids is 1. The summed E-state index contributed by atoms with van der Waals surface area (Å²) in [5.74, 6) is -2.82. The van der Waals surface area contributed by atoms with Gasteiger partial charge in [-0.2, -0.15) is 0 Å². The zero-order chi connectivity index (χ0) is 19.4. The largest absolute Gasteiger partial charge is 0.480 e. The smallest absolute Gasteiger partial charge is 0.338 e. The number of esters is 1. The molecule has 0 bridgehead atoms. The van der Waals surface area contributed by atoms with E-state index in [2.05, 4.69) is 5.32 Å². The summed E-state index contributed by atoms with van der Waals surface area (Å²) in [6.07, 6.45) is -0.280. The number of rotatable bonds is 8. The van der Waals surface area contributed by atoms with Crippen molar-refractivity contribution in [3.8, 4) is 0 Å². The summed E-state index contributed by atoms with van der Waals surface area (Å²) in [6.45, 7) is 5.88. The van der Waals surface area contributed by atoms with E-state index in [0.29, 0.717) is 25.8 Å². The number of ether oxygens (including phenoxy) is 2. The number of hydrogen-bond acceptors (Lipinski definition) is 6. The Morgan fingerprint density at radius 3 is 2.54 bits per heavy atom. The van der Waals surface area contributed by atoms with E-state index in [4.69, 9.17) is 9.47 Å². The summed E-state index contributed by atoms with van der Waals surface area (Å²) in [5.41, 5.74) is 0. The molecule has 2 aliphatic rings. The Morgan fingerprint density at radius 2 is 1.96 bits per heavy atom. The van der Waals surface area contributed by atoms with Crippen LogP contribution in [-0.2, 0) is 28.7 Å². The number of carboxylic acid groups (broad SMARTS) is 1. The van der Waals surface area contributed by atoms with Crippen LogP contribution in [0, 0.1) is 5.92 Å². The highest BCUT2D eigenvalue weighted by molar-refractivity contribution is 5.96. The van der Waals surface area contributed by atoms with E-state index in [-0.39, 0.29) is 12.5 Å². The first-order chi connectivity index (χ1) is 12.3. The minimum absolute atomic E-state index is 0.187. The van der Waals surface area contributed by atoms with Crippen LogP contribution < -0.4 is 5.32 Å². The molecule has 2 amide bonds. The predicted octanol–water partition coefficient (Wildman–Crippen LogP) is -0.0766. The Morgan fingerprint density at radius 1 is 1.27 bits per heavy atom. The van der Waals surface area contributed by atoms with E-state index in [1.165, 1.54) is 4.90 Å². The lowest BCUT2D eigenvalue weighted by atomic mass is 9.97. The second-order valence-corrected chi connectivity index (χ2v) is 6.63. The van der Waals surface area contributed by atoms with Crippen molar-refractivity contribution in [1.29, 1.82) is 0 Å². The van der Waals surface area contributed by atoms with Crippen LogP contribution in [0.5, 0.6) is 0 Å². The molecule has 0 unspecified atom stereocenters. The third kappa shape index (κ3) is 4.32. The number of carbonyl (C=O) groups excluding carboxylic acids is 3. The van der Waals surface area contributed by atoms with Gasteiger partial charge in [-0.3, -0.25) is 9.59 Å². The lowest BCUT2D eigenvalue weighted by molar-refractivity contribution is -0.150. The molecule has 0 spiro atoms. The molecule has 9 nitrogen and oxygen atoms in total. The highest BCUT2D eigenvalue weighted by Crippen LogP contribution is 2.25. The van der Waals surface area contributed by atoms with Crippen molar-refractivity contribution in [2.75, 3.05) is 13.2 Å². The molecule has 9 heteroatoms. The monoisotopic (exact) mass is 370 g/mol. The van der Waals surface area contributed by atoms with Crippen LogP contribution in [0.25, 0.3) is 0 Å². The van der Waals surface area contributed by atoms with Crippen LogP contribution in [0.1, 0.15) is 40.0 Å². The first-order valence-electron chi connectivity index (χ1n) is 8.97. The third-order valence-electron chi connectivity index (χ3n) is 4.87. The molecular weight excluding hydrogens is 344 g/mol. The van der Waals surface area contributed by atoms with Crippen LogP contribution in [0.4, 0.5) is 0 Å². The van der Waals surface area contributed by atoms with Gasteiger partial charge in [0.05, 0.1) is 6.61 Å². The Kier molecular flexibility index (Phi) is 6.57. The van der Waals surface area contributed by atoms with Crippen molar-refractivity contribution in [1.82, 2.24) is 10.2 Å². The van der Waals surface area contributed by atoms with Gasteiger partial charge in [0, 0.05) is 6.54 Å². The van der Waals surface area contributed by atoms with Gasteiger partial charge in [-0.15, -0.1) is 0 Å². The molecule has 0 aromatic carbocycles. The standard InChI is InChI=1S/C17H26N2O7/c1-4-9(3)11(15(21)19-8-6-7-10(19)16(22)23)18-14(20)12-13(26-12)17(24)25-5-2/h9-13H,4-8H2,1-3H3,(H,18,20)(H,22,23)/t9-,10-,11-,12+,13+/m0/s1. The average Bonchev–Trinajstić information content (AvgIpc) is 3.26. The van der Waals surface area contributed by atoms with Gasteiger partial charge in [-0.1, -0.05) is 20.3 Å². The maximum absolute atomic E-state index is 12.9. The molecule has 2 rings (SSSR count). The quantitative estimate of drug-likeness (QED) is 0.452. The van der Waals surface area contributed by atoms with Gasteiger partial charge < -0.3 is 24.8 Å². The second kappa shape index (κ2) is 8.48. The highest BCUT2D eigenvalue weighted by atomic mass is 16.6. The minimum atomic E-state index is -1.04. The second-order valence-electron chi connectivity index (χ2n) is 6.63. The summed E-state index contributed by atoms with van der Waals surface area (Å²) >= 11 is 0. The van der Waals surface area contributed by atoms with Crippen LogP contribution in [0.3, 0.4) is 0 Å². The van der Waals surface area contributed by atoms with Crippen LogP contribution in [0.2, 0.25) is 0 Å². The van der Waals surface area contributed by atoms with Crippen molar-refractivity contribution in [3.05, 3.63) is 0 Å². The average molecular weight is 370 g/mol. The number of amides is 2. The molecular formula is C17H26N2O7. The lowest BCUT2D eigenvalue weighted by Crippen LogP contribution is -2.55. The molecule has 2 N–H and O–H groups in total. The molecule has 146 valence electrons. The van der Waals surface area contributed by atoms with Gasteiger partial charge in [0.1, 0.15) is 12.1 Å². The Labute approximate surface area is 152 Å². The number of nitrogens with one attached hydrogen (secondary N) is 1. The Balaban J connectivity index is 2.04. The molecule has 2 saturated heterocycles. The summed E-state index contributed by atoms with van der Waals surface area (Å²) in [5, 5.41) is 11.9. The van der Waals surface area contributed by atoms with Crippen LogP contribution in [-0.4, -0.2) is 71.2 Å².